The number of aryl methyl sites for hydroxylation is 1. The fraction of sp³-hybridized carbons (Fsp3) is 0.750. The Kier molecular flexibility index (Phi) is 3.83. The molecule has 4 atom stereocenters. The highest BCUT2D eigenvalue weighted by Gasteiger charge is 2.48. The van der Waals surface area contributed by atoms with Crippen LogP contribution in [0.2, 0.25) is 0 Å². The van der Waals surface area contributed by atoms with Crippen LogP contribution in [0.5, 0.6) is 0 Å². The van der Waals surface area contributed by atoms with Crippen molar-refractivity contribution in [2.24, 2.45) is 17.8 Å². The lowest BCUT2D eigenvalue weighted by atomic mass is 9.60. The maximum absolute atomic E-state index is 11.1. The maximum atomic E-state index is 11.1. The third kappa shape index (κ3) is 2.57. The maximum Gasteiger partial charge on any atom is 0.303 e. The lowest BCUT2D eigenvalue weighted by Gasteiger charge is -2.54. The number of aliphatic carboxylic acids is 1. The SMILES string of the molecule is C[C@H]1CCN1c1nc2c(c(N3C[C@H]4C[C@@H](C3)C4CC(=O)O)n1)CCCC2. The van der Waals surface area contributed by atoms with Gasteiger partial charge >= 0.3 is 5.97 Å². The van der Waals surface area contributed by atoms with Gasteiger partial charge in [0, 0.05) is 37.7 Å². The molecule has 5 aliphatic rings. The molecule has 6 nitrogen and oxygen atoms in total. The van der Waals surface area contributed by atoms with Crippen LogP contribution in [0.25, 0.3) is 0 Å². The Morgan fingerprint density at radius 1 is 1.19 bits per heavy atom. The topological polar surface area (TPSA) is 69.6 Å². The van der Waals surface area contributed by atoms with Crippen LogP contribution >= 0.6 is 0 Å². The molecule has 1 saturated carbocycles. The highest BCUT2D eigenvalue weighted by atomic mass is 16.4. The molecule has 1 aromatic heterocycles. The van der Waals surface area contributed by atoms with Crippen molar-refractivity contribution in [3.63, 3.8) is 0 Å². The van der Waals surface area contributed by atoms with E-state index in [1.54, 1.807) is 0 Å². The number of fused-ring (bicyclic) bond motifs is 3. The van der Waals surface area contributed by atoms with Gasteiger partial charge in [-0.2, -0.15) is 4.98 Å². The van der Waals surface area contributed by atoms with Crippen LogP contribution in [0.15, 0.2) is 0 Å². The van der Waals surface area contributed by atoms with Crippen LogP contribution in [0, 0.1) is 17.8 Å². The van der Waals surface area contributed by atoms with Crippen molar-refractivity contribution in [2.75, 3.05) is 29.4 Å². The number of carboxylic acid groups (broad SMARTS) is 1. The molecule has 1 aromatic rings. The number of carbonyl (C=O) groups is 1. The monoisotopic (exact) mass is 356 g/mol. The van der Waals surface area contributed by atoms with Crippen molar-refractivity contribution in [2.45, 2.75) is 57.9 Å². The van der Waals surface area contributed by atoms with Gasteiger partial charge in [0.1, 0.15) is 5.82 Å². The summed E-state index contributed by atoms with van der Waals surface area (Å²) in [5.41, 5.74) is 2.63. The largest absolute Gasteiger partial charge is 0.481 e. The summed E-state index contributed by atoms with van der Waals surface area (Å²) in [5, 5.41) is 9.16. The van der Waals surface area contributed by atoms with E-state index in [0.717, 1.165) is 44.2 Å². The lowest BCUT2D eigenvalue weighted by molar-refractivity contribution is -0.141. The minimum Gasteiger partial charge on any atom is -0.481 e. The van der Waals surface area contributed by atoms with Gasteiger partial charge in [0.25, 0.3) is 0 Å². The molecule has 140 valence electrons. The summed E-state index contributed by atoms with van der Waals surface area (Å²) in [6, 6.07) is 0.541. The number of carboxylic acids is 1. The van der Waals surface area contributed by atoms with E-state index in [4.69, 9.17) is 15.1 Å². The van der Waals surface area contributed by atoms with Gasteiger partial charge in [0.2, 0.25) is 5.95 Å². The second-order valence-corrected chi connectivity index (χ2v) is 8.73. The second-order valence-electron chi connectivity index (χ2n) is 8.73. The molecule has 3 saturated heterocycles. The Morgan fingerprint density at radius 3 is 2.62 bits per heavy atom. The normalized spacial score (nSPS) is 32.5. The van der Waals surface area contributed by atoms with E-state index < -0.39 is 5.97 Å². The number of hydrogen-bond acceptors (Lipinski definition) is 5. The Bertz CT molecular complexity index is 725. The Morgan fingerprint density at radius 2 is 1.96 bits per heavy atom. The van der Waals surface area contributed by atoms with E-state index in [0.29, 0.717) is 30.2 Å². The number of anilines is 2. The average molecular weight is 356 g/mol. The quantitative estimate of drug-likeness (QED) is 0.894. The van der Waals surface area contributed by atoms with E-state index in [1.165, 1.54) is 36.9 Å². The summed E-state index contributed by atoms with van der Waals surface area (Å²) in [5.74, 6) is 2.84. The first kappa shape index (κ1) is 16.3. The van der Waals surface area contributed by atoms with Gasteiger partial charge in [-0.1, -0.05) is 0 Å². The van der Waals surface area contributed by atoms with Crippen molar-refractivity contribution in [1.82, 2.24) is 9.97 Å². The molecule has 1 N–H and O–H groups in total. The van der Waals surface area contributed by atoms with Gasteiger partial charge in [0.15, 0.2) is 0 Å². The van der Waals surface area contributed by atoms with E-state index in [1.807, 2.05) is 0 Å². The van der Waals surface area contributed by atoms with Crippen LogP contribution in [-0.2, 0) is 17.6 Å². The molecule has 4 heterocycles. The molecular weight excluding hydrogens is 328 g/mol. The average Bonchev–Trinajstić information content (AvgIpc) is 2.64. The summed E-state index contributed by atoms with van der Waals surface area (Å²) >= 11 is 0. The first-order chi connectivity index (χ1) is 12.6. The highest BCUT2D eigenvalue weighted by molar-refractivity contribution is 5.67. The van der Waals surface area contributed by atoms with Gasteiger partial charge < -0.3 is 14.9 Å². The number of aromatic nitrogens is 2. The fourth-order valence-corrected chi connectivity index (χ4v) is 5.46. The number of piperidine rings is 2. The molecule has 2 aliphatic carbocycles. The molecule has 2 bridgehead atoms. The number of rotatable bonds is 4. The summed E-state index contributed by atoms with van der Waals surface area (Å²) in [4.78, 5) is 25.9. The van der Waals surface area contributed by atoms with E-state index in [-0.39, 0.29) is 0 Å². The first-order valence-corrected chi connectivity index (χ1v) is 10.2. The van der Waals surface area contributed by atoms with Gasteiger partial charge in [-0.3, -0.25) is 4.79 Å². The van der Waals surface area contributed by atoms with Crippen LogP contribution in [-0.4, -0.2) is 46.7 Å². The molecule has 4 fully saturated rings. The standard InChI is InChI=1S/C20H28N4O2/c1-12-6-7-24(12)20-21-17-5-3-2-4-15(17)19(22-20)23-10-13-8-14(11-23)16(13)9-18(25)26/h12-14,16H,2-11H2,1H3,(H,25,26)/t12-,13-,14+,16?/m0/s1. The van der Waals surface area contributed by atoms with E-state index in [2.05, 4.69) is 16.7 Å². The van der Waals surface area contributed by atoms with Crippen LogP contribution in [0.4, 0.5) is 11.8 Å². The molecule has 26 heavy (non-hydrogen) atoms. The van der Waals surface area contributed by atoms with Gasteiger partial charge in [-0.25, -0.2) is 4.98 Å². The molecule has 3 aliphatic heterocycles. The summed E-state index contributed by atoms with van der Waals surface area (Å²) in [6.07, 6.45) is 7.36. The molecule has 0 radical (unpaired) electrons. The molecule has 6 heteroatoms. The zero-order valence-electron chi connectivity index (χ0n) is 15.5. The first-order valence-electron chi connectivity index (χ1n) is 10.2. The Labute approximate surface area is 154 Å². The summed E-state index contributed by atoms with van der Waals surface area (Å²) in [7, 11) is 0. The van der Waals surface area contributed by atoms with E-state index in [9.17, 15) is 4.79 Å². The summed E-state index contributed by atoms with van der Waals surface area (Å²) < 4.78 is 0. The van der Waals surface area contributed by atoms with Crippen molar-refractivity contribution < 1.29 is 9.90 Å². The fourth-order valence-electron chi connectivity index (χ4n) is 5.46. The third-order valence-electron chi connectivity index (χ3n) is 7.16. The van der Waals surface area contributed by atoms with Crippen LogP contribution < -0.4 is 9.80 Å². The lowest BCUT2D eigenvalue weighted by Crippen LogP contribution is -2.56. The molecule has 6 rings (SSSR count). The molecule has 0 spiro atoms. The van der Waals surface area contributed by atoms with Crippen molar-refractivity contribution in [1.29, 1.82) is 0 Å². The molecule has 0 aromatic carbocycles. The molecule has 1 unspecified atom stereocenters. The van der Waals surface area contributed by atoms with E-state index >= 15 is 0 Å². The zero-order chi connectivity index (χ0) is 17.8. The minimum absolute atomic E-state index is 0.335. The zero-order valence-corrected chi connectivity index (χ0v) is 15.5. The molecule has 0 amide bonds. The van der Waals surface area contributed by atoms with Gasteiger partial charge in [-0.05, 0) is 63.2 Å². The minimum atomic E-state index is -0.647. The Balaban J connectivity index is 1.43. The van der Waals surface area contributed by atoms with Crippen molar-refractivity contribution in [3.8, 4) is 0 Å². The summed E-state index contributed by atoms with van der Waals surface area (Å²) in [6.45, 7) is 5.24. The van der Waals surface area contributed by atoms with Gasteiger partial charge in [0.05, 0.1) is 5.69 Å². The predicted octanol–water partition coefficient (Wildman–Crippen LogP) is 2.50. The number of nitrogens with zero attached hydrogens (tertiary/aromatic N) is 4. The van der Waals surface area contributed by atoms with Crippen LogP contribution in [0.1, 0.15) is 50.3 Å². The van der Waals surface area contributed by atoms with Gasteiger partial charge in [-0.15, -0.1) is 0 Å². The van der Waals surface area contributed by atoms with Crippen molar-refractivity contribution in [3.05, 3.63) is 11.3 Å². The van der Waals surface area contributed by atoms with Crippen molar-refractivity contribution >= 4 is 17.7 Å². The molecular formula is C20H28N4O2. The smallest absolute Gasteiger partial charge is 0.303 e. The predicted molar refractivity (Wildman–Crippen MR) is 99.7 cm³/mol. The second kappa shape index (κ2) is 6.10. The van der Waals surface area contributed by atoms with Crippen LogP contribution in [0.3, 0.4) is 0 Å². The third-order valence-corrected chi connectivity index (χ3v) is 7.16. The Hall–Kier alpha value is -1.85. The number of hydrogen-bond donors (Lipinski definition) is 1. The highest BCUT2D eigenvalue weighted by Crippen LogP contribution is 2.48.